The minimum atomic E-state index is -0.838. The van der Waals surface area contributed by atoms with Crippen LogP contribution in [0.25, 0.3) is 0 Å². The fourth-order valence-electron chi connectivity index (χ4n) is 3.41. The van der Waals surface area contributed by atoms with Crippen molar-refractivity contribution < 1.29 is 5.11 Å². The maximum atomic E-state index is 10.8. The Bertz CT molecular complexity index is 510. The van der Waals surface area contributed by atoms with E-state index >= 15 is 0 Å². The fourth-order valence-corrected chi connectivity index (χ4v) is 3.41. The molecule has 18 heavy (non-hydrogen) atoms. The van der Waals surface area contributed by atoms with Gasteiger partial charge in [-0.05, 0) is 56.1 Å². The maximum absolute atomic E-state index is 10.8. The molecule has 2 aliphatic carbocycles. The van der Waals surface area contributed by atoms with Gasteiger partial charge in [-0.2, -0.15) is 5.26 Å². The third kappa shape index (κ3) is 1.58. The molecule has 2 unspecified atom stereocenters. The van der Waals surface area contributed by atoms with E-state index in [1.165, 1.54) is 11.1 Å². The second-order valence-corrected chi connectivity index (χ2v) is 6.06. The predicted octanol–water partition coefficient (Wildman–Crippen LogP) is 2.85. The lowest BCUT2D eigenvalue weighted by Crippen LogP contribution is -2.50. The molecule has 3 rings (SSSR count). The summed E-state index contributed by atoms with van der Waals surface area (Å²) < 4.78 is 0. The van der Waals surface area contributed by atoms with E-state index in [0.29, 0.717) is 12.3 Å². The second-order valence-electron chi connectivity index (χ2n) is 6.06. The summed E-state index contributed by atoms with van der Waals surface area (Å²) in [6.07, 6.45) is 4.52. The number of fused-ring (bicyclic) bond motifs is 1. The molecule has 2 aliphatic rings. The molecule has 0 aromatic heterocycles. The Kier molecular flexibility index (Phi) is 2.50. The Balaban J connectivity index is 1.99. The third-order valence-corrected chi connectivity index (χ3v) is 4.99. The molecule has 2 atom stereocenters. The van der Waals surface area contributed by atoms with Crippen molar-refractivity contribution in [2.24, 2.45) is 11.3 Å². The smallest absolute Gasteiger partial charge is 0.0903 e. The number of nitriles is 1. The normalized spacial score (nSPS) is 30.1. The molecule has 1 aromatic carbocycles. The monoisotopic (exact) mass is 241 g/mol. The van der Waals surface area contributed by atoms with Crippen LogP contribution in [0.1, 0.15) is 37.3 Å². The van der Waals surface area contributed by atoms with Crippen LogP contribution in [-0.4, -0.2) is 10.7 Å². The van der Waals surface area contributed by atoms with Crippen molar-refractivity contribution in [1.29, 1.82) is 5.26 Å². The molecule has 1 saturated carbocycles. The minimum absolute atomic E-state index is 0.322. The van der Waals surface area contributed by atoms with Crippen molar-refractivity contribution in [2.45, 2.75) is 44.6 Å². The number of nitrogens with zero attached hydrogens (tertiary/aromatic N) is 1. The highest BCUT2D eigenvalue weighted by molar-refractivity contribution is 5.35. The SMILES string of the molecule is CC(O)(C1CC1)C1(C#N)CCc2ccccc2C1. The number of aryl methyl sites for hydroxylation is 1. The molecular formula is C16H19NO. The molecule has 1 N–H and O–H groups in total. The number of aliphatic hydroxyl groups is 1. The summed E-state index contributed by atoms with van der Waals surface area (Å²) in [6, 6.07) is 10.8. The van der Waals surface area contributed by atoms with Gasteiger partial charge in [-0.25, -0.2) is 0 Å². The largest absolute Gasteiger partial charge is 0.388 e. The van der Waals surface area contributed by atoms with Gasteiger partial charge in [0.15, 0.2) is 0 Å². The zero-order chi connectivity index (χ0) is 12.8. The summed E-state index contributed by atoms with van der Waals surface area (Å²) in [5.41, 5.74) is 1.15. The highest BCUT2D eigenvalue weighted by Crippen LogP contribution is 2.53. The third-order valence-electron chi connectivity index (χ3n) is 4.99. The van der Waals surface area contributed by atoms with E-state index in [-0.39, 0.29) is 0 Å². The van der Waals surface area contributed by atoms with E-state index in [2.05, 4.69) is 24.3 Å². The molecule has 94 valence electrons. The van der Waals surface area contributed by atoms with Crippen LogP contribution in [-0.2, 0) is 12.8 Å². The lowest BCUT2D eigenvalue weighted by atomic mass is 9.62. The highest BCUT2D eigenvalue weighted by atomic mass is 16.3. The average Bonchev–Trinajstić information content (AvgIpc) is 3.22. The van der Waals surface area contributed by atoms with Gasteiger partial charge in [0.05, 0.1) is 17.1 Å². The number of hydrogen-bond acceptors (Lipinski definition) is 2. The Hall–Kier alpha value is -1.33. The van der Waals surface area contributed by atoms with E-state index in [4.69, 9.17) is 0 Å². The van der Waals surface area contributed by atoms with E-state index in [9.17, 15) is 10.4 Å². The quantitative estimate of drug-likeness (QED) is 0.865. The van der Waals surface area contributed by atoms with Crippen LogP contribution in [0.2, 0.25) is 0 Å². The van der Waals surface area contributed by atoms with Crippen LogP contribution in [0.5, 0.6) is 0 Å². The summed E-state index contributed by atoms with van der Waals surface area (Å²) in [5.74, 6) is 0.322. The number of benzene rings is 1. The lowest BCUT2D eigenvalue weighted by molar-refractivity contribution is -0.0650. The standard InChI is InChI=1S/C16H19NO/c1-15(18,14-6-7-14)16(11-17)9-8-12-4-2-3-5-13(12)10-16/h2-5,14,18H,6-10H2,1H3. The summed E-state index contributed by atoms with van der Waals surface area (Å²) in [5, 5.41) is 20.5. The van der Waals surface area contributed by atoms with Gasteiger partial charge in [0.2, 0.25) is 0 Å². The average molecular weight is 241 g/mol. The molecule has 2 nitrogen and oxygen atoms in total. The Morgan fingerprint density at radius 1 is 1.33 bits per heavy atom. The summed E-state index contributed by atoms with van der Waals surface area (Å²) in [7, 11) is 0. The van der Waals surface area contributed by atoms with E-state index in [1.807, 2.05) is 13.0 Å². The zero-order valence-corrected chi connectivity index (χ0v) is 10.8. The highest BCUT2D eigenvalue weighted by Gasteiger charge is 2.56. The van der Waals surface area contributed by atoms with E-state index in [1.54, 1.807) is 0 Å². The van der Waals surface area contributed by atoms with Crippen LogP contribution in [0, 0.1) is 22.7 Å². The van der Waals surface area contributed by atoms with Crippen molar-refractivity contribution in [1.82, 2.24) is 0 Å². The minimum Gasteiger partial charge on any atom is -0.388 e. The van der Waals surface area contributed by atoms with Gasteiger partial charge in [0.1, 0.15) is 0 Å². The van der Waals surface area contributed by atoms with Gasteiger partial charge >= 0.3 is 0 Å². The van der Waals surface area contributed by atoms with Gasteiger partial charge in [0.25, 0.3) is 0 Å². The molecule has 0 saturated heterocycles. The molecule has 0 spiro atoms. The molecular weight excluding hydrogens is 222 g/mol. The zero-order valence-electron chi connectivity index (χ0n) is 10.8. The Labute approximate surface area is 108 Å². The first-order valence-electron chi connectivity index (χ1n) is 6.79. The Morgan fingerprint density at radius 3 is 2.61 bits per heavy atom. The van der Waals surface area contributed by atoms with E-state index < -0.39 is 11.0 Å². The molecule has 1 fully saturated rings. The molecule has 0 radical (unpaired) electrons. The molecule has 0 aliphatic heterocycles. The molecule has 1 aromatic rings. The van der Waals surface area contributed by atoms with Crippen LogP contribution in [0.3, 0.4) is 0 Å². The van der Waals surface area contributed by atoms with Gasteiger partial charge < -0.3 is 5.11 Å². The fraction of sp³-hybridized carbons (Fsp3) is 0.562. The first kappa shape index (κ1) is 11.7. The van der Waals surface area contributed by atoms with Gasteiger partial charge in [-0.1, -0.05) is 24.3 Å². The summed E-state index contributed by atoms with van der Waals surface area (Å²) >= 11 is 0. The Morgan fingerprint density at radius 2 is 2.00 bits per heavy atom. The van der Waals surface area contributed by atoms with Gasteiger partial charge in [-0.15, -0.1) is 0 Å². The van der Waals surface area contributed by atoms with Gasteiger partial charge in [-0.3, -0.25) is 0 Å². The molecule has 0 amide bonds. The van der Waals surface area contributed by atoms with Crippen LogP contribution < -0.4 is 0 Å². The first-order valence-corrected chi connectivity index (χ1v) is 6.79. The van der Waals surface area contributed by atoms with E-state index in [0.717, 1.165) is 25.7 Å². The summed E-state index contributed by atoms with van der Waals surface area (Å²) in [4.78, 5) is 0. The van der Waals surface area contributed by atoms with Crippen molar-refractivity contribution in [3.05, 3.63) is 35.4 Å². The van der Waals surface area contributed by atoms with Crippen molar-refractivity contribution in [3.63, 3.8) is 0 Å². The first-order chi connectivity index (χ1) is 8.59. The number of hydrogen-bond donors (Lipinski definition) is 1. The van der Waals surface area contributed by atoms with Crippen molar-refractivity contribution >= 4 is 0 Å². The van der Waals surface area contributed by atoms with Crippen LogP contribution in [0.15, 0.2) is 24.3 Å². The van der Waals surface area contributed by atoms with Crippen molar-refractivity contribution in [2.75, 3.05) is 0 Å². The molecule has 0 bridgehead atoms. The molecule has 2 heteroatoms. The van der Waals surface area contributed by atoms with Gasteiger partial charge in [0, 0.05) is 0 Å². The topological polar surface area (TPSA) is 44.0 Å². The lowest BCUT2D eigenvalue weighted by Gasteiger charge is -2.43. The van der Waals surface area contributed by atoms with Crippen LogP contribution >= 0.6 is 0 Å². The number of rotatable bonds is 2. The molecule has 0 heterocycles. The maximum Gasteiger partial charge on any atom is 0.0903 e. The predicted molar refractivity (Wildman–Crippen MR) is 69.9 cm³/mol. The second kappa shape index (κ2) is 3.83. The van der Waals surface area contributed by atoms with Crippen molar-refractivity contribution in [3.8, 4) is 6.07 Å². The summed E-state index contributed by atoms with van der Waals surface area (Å²) in [6.45, 7) is 1.88. The van der Waals surface area contributed by atoms with Crippen LogP contribution in [0.4, 0.5) is 0 Å².